The summed E-state index contributed by atoms with van der Waals surface area (Å²) < 4.78 is 5.62. The average Bonchev–Trinajstić information content (AvgIpc) is 2.42. The van der Waals surface area contributed by atoms with Crippen molar-refractivity contribution in [1.82, 2.24) is 0 Å². The first-order valence-electron chi connectivity index (χ1n) is 7.07. The number of ether oxygens (including phenoxy) is 1. The molecule has 0 heterocycles. The van der Waals surface area contributed by atoms with E-state index < -0.39 is 0 Å². The van der Waals surface area contributed by atoms with Crippen molar-refractivity contribution in [3.63, 3.8) is 0 Å². The van der Waals surface area contributed by atoms with Crippen LogP contribution in [-0.4, -0.2) is 19.8 Å². The molecule has 0 saturated carbocycles. The normalized spacial score (nSPS) is 11.1. The first kappa shape index (κ1) is 13.9. The van der Waals surface area contributed by atoms with E-state index in [1.54, 1.807) is 0 Å². The van der Waals surface area contributed by atoms with Crippen LogP contribution in [-0.2, 0) is 4.74 Å². The number of hydrogen-bond donors (Lipinski definition) is 1. The van der Waals surface area contributed by atoms with E-state index in [1.165, 1.54) is 16.5 Å². The molecule has 0 aliphatic carbocycles. The second kappa shape index (κ2) is 7.15. The van der Waals surface area contributed by atoms with E-state index >= 15 is 0 Å². The molecule has 2 nitrogen and oxygen atoms in total. The molecule has 0 aliphatic heterocycles. The molecule has 0 aliphatic rings. The number of anilines is 1. The largest absolute Gasteiger partial charge is 0.382 e. The van der Waals surface area contributed by atoms with Gasteiger partial charge in [0, 0.05) is 24.2 Å². The molecule has 0 amide bonds. The van der Waals surface area contributed by atoms with Gasteiger partial charge in [0.15, 0.2) is 0 Å². The van der Waals surface area contributed by atoms with Gasteiger partial charge in [-0.1, -0.05) is 50.2 Å². The van der Waals surface area contributed by atoms with E-state index in [2.05, 4.69) is 61.6 Å². The molecule has 19 heavy (non-hydrogen) atoms. The van der Waals surface area contributed by atoms with Crippen LogP contribution in [0.25, 0.3) is 10.8 Å². The summed E-state index contributed by atoms with van der Waals surface area (Å²) in [7, 11) is 0. The highest BCUT2D eigenvalue weighted by Crippen LogP contribution is 2.22. The maximum absolute atomic E-state index is 5.62. The van der Waals surface area contributed by atoms with Crippen LogP contribution in [0.4, 0.5) is 5.69 Å². The molecular weight excluding hydrogens is 234 g/mol. The Hall–Kier alpha value is -1.54. The highest BCUT2D eigenvalue weighted by Gasteiger charge is 1.99. The maximum atomic E-state index is 5.62. The Kier molecular flexibility index (Phi) is 5.22. The van der Waals surface area contributed by atoms with Gasteiger partial charge in [0.2, 0.25) is 0 Å². The van der Waals surface area contributed by atoms with Crippen LogP contribution < -0.4 is 5.32 Å². The smallest absolute Gasteiger partial charge is 0.0639 e. The minimum atomic E-state index is 0.714. The second-order valence-corrected chi connectivity index (χ2v) is 5.25. The molecule has 0 atom stereocenters. The SMILES string of the molecule is CC(C)CCOCCNc1cccc2ccccc12. The van der Waals surface area contributed by atoms with Crippen LogP contribution >= 0.6 is 0 Å². The Bertz CT molecular complexity index is 502. The molecule has 102 valence electrons. The van der Waals surface area contributed by atoms with Crippen molar-refractivity contribution in [3.05, 3.63) is 42.5 Å². The summed E-state index contributed by atoms with van der Waals surface area (Å²) >= 11 is 0. The second-order valence-electron chi connectivity index (χ2n) is 5.25. The molecule has 0 fully saturated rings. The van der Waals surface area contributed by atoms with Crippen LogP contribution in [0.2, 0.25) is 0 Å². The lowest BCUT2D eigenvalue weighted by atomic mass is 10.1. The fraction of sp³-hybridized carbons (Fsp3) is 0.412. The molecule has 0 unspecified atom stereocenters. The highest BCUT2D eigenvalue weighted by atomic mass is 16.5. The van der Waals surface area contributed by atoms with Gasteiger partial charge in [0.1, 0.15) is 0 Å². The minimum absolute atomic E-state index is 0.714. The van der Waals surface area contributed by atoms with Crippen molar-refractivity contribution in [3.8, 4) is 0 Å². The molecule has 0 spiro atoms. The van der Waals surface area contributed by atoms with Crippen LogP contribution in [0.1, 0.15) is 20.3 Å². The van der Waals surface area contributed by atoms with Crippen molar-refractivity contribution < 1.29 is 4.74 Å². The van der Waals surface area contributed by atoms with Crippen molar-refractivity contribution >= 4 is 16.5 Å². The third kappa shape index (κ3) is 4.25. The summed E-state index contributed by atoms with van der Waals surface area (Å²) in [6.07, 6.45) is 1.13. The first-order valence-corrected chi connectivity index (χ1v) is 7.07. The number of nitrogens with one attached hydrogen (secondary N) is 1. The predicted octanol–water partition coefficient (Wildman–Crippen LogP) is 4.31. The average molecular weight is 257 g/mol. The third-order valence-electron chi connectivity index (χ3n) is 3.19. The lowest BCUT2D eigenvalue weighted by Gasteiger charge is -2.10. The summed E-state index contributed by atoms with van der Waals surface area (Å²) in [5.74, 6) is 0.714. The van der Waals surface area contributed by atoms with E-state index in [0.717, 1.165) is 26.2 Å². The molecule has 0 saturated heterocycles. The Morgan fingerprint density at radius 3 is 2.63 bits per heavy atom. The van der Waals surface area contributed by atoms with Gasteiger partial charge in [0.25, 0.3) is 0 Å². The van der Waals surface area contributed by atoms with Gasteiger partial charge in [-0.15, -0.1) is 0 Å². The van der Waals surface area contributed by atoms with E-state index in [9.17, 15) is 0 Å². The standard InChI is InChI=1S/C17H23NO/c1-14(2)10-12-19-13-11-18-17-9-5-7-15-6-3-4-8-16(15)17/h3-9,14,18H,10-13H2,1-2H3. The van der Waals surface area contributed by atoms with Gasteiger partial charge in [-0.3, -0.25) is 0 Å². The van der Waals surface area contributed by atoms with Gasteiger partial charge in [0.05, 0.1) is 6.61 Å². The quantitative estimate of drug-likeness (QED) is 0.746. The van der Waals surface area contributed by atoms with Gasteiger partial charge in [-0.2, -0.15) is 0 Å². The van der Waals surface area contributed by atoms with Crippen molar-refractivity contribution in [2.24, 2.45) is 5.92 Å². The van der Waals surface area contributed by atoms with E-state index in [0.29, 0.717) is 5.92 Å². The van der Waals surface area contributed by atoms with E-state index in [1.807, 2.05) is 0 Å². The van der Waals surface area contributed by atoms with Crippen LogP contribution in [0, 0.1) is 5.92 Å². The minimum Gasteiger partial charge on any atom is -0.382 e. The van der Waals surface area contributed by atoms with Gasteiger partial charge >= 0.3 is 0 Å². The molecule has 0 aromatic heterocycles. The molecule has 2 heteroatoms. The number of rotatable bonds is 7. The molecule has 2 aromatic carbocycles. The Morgan fingerprint density at radius 2 is 1.79 bits per heavy atom. The molecule has 0 bridgehead atoms. The van der Waals surface area contributed by atoms with E-state index in [4.69, 9.17) is 4.74 Å². The monoisotopic (exact) mass is 257 g/mol. The molecular formula is C17H23NO. The van der Waals surface area contributed by atoms with Crippen LogP contribution in [0.5, 0.6) is 0 Å². The van der Waals surface area contributed by atoms with Crippen LogP contribution in [0.15, 0.2) is 42.5 Å². The molecule has 2 aromatic rings. The van der Waals surface area contributed by atoms with Crippen molar-refractivity contribution in [2.75, 3.05) is 25.1 Å². The molecule has 1 N–H and O–H groups in total. The van der Waals surface area contributed by atoms with Crippen molar-refractivity contribution in [1.29, 1.82) is 0 Å². The number of fused-ring (bicyclic) bond motifs is 1. The third-order valence-corrected chi connectivity index (χ3v) is 3.19. The first-order chi connectivity index (χ1) is 9.27. The lowest BCUT2D eigenvalue weighted by Crippen LogP contribution is -2.11. The van der Waals surface area contributed by atoms with Crippen molar-refractivity contribution in [2.45, 2.75) is 20.3 Å². The summed E-state index contributed by atoms with van der Waals surface area (Å²) in [6, 6.07) is 14.8. The predicted molar refractivity (Wildman–Crippen MR) is 82.7 cm³/mol. The molecule has 0 radical (unpaired) electrons. The summed E-state index contributed by atoms with van der Waals surface area (Å²) in [5.41, 5.74) is 1.19. The van der Waals surface area contributed by atoms with Gasteiger partial charge in [-0.25, -0.2) is 0 Å². The zero-order chi connectivity index (χ0) is 13.5. The molecule has 2 rings (SSSR count). The topological polar surface area (TPSA) is 21.3 Å². The fourth-order valence-corrected chi connectivity index (χ4v) is 2.06. The summed E-state index contributed by atoms with van der Waals surface area (Å²) in [4.78, 5) is 0. The Morgan fingerprint density at radius 1 is 1.00 bits per heavy atom. The lowest BCUT2D eigenvalue weighted by molar-refractivity contribution is 0.133. The van der Waals surface area contributed by atoms with Gasteiger partial charge in [-0.05, 0) is 23.8 Å². The Balaban J connectivity index is 1.82. The summed E-state index contributed by atoms with van der Waals surface area (Å²) in [5, 5.41) is 5.99. The van der Waals surface area contributed by atoms with E-state index in [-0.39, 0.29) is 0 Å². The zero-order valence-electron chi connectivity index (χ0n) is 11.9. The number of hydrogen-bond acceptors (Lipinski definition) is 2. The Labute approximate surface area is 115 Å². The van der Waals surface area contributed by atoms with Gasteiger partial charge < -0.3 is 10.1 Å². The maximum Gasteiger partial charge on any atom is 0.0639 e. The number of benzene rings is 2. The zero-order valence-corrected chi connectivity index (χ0v) is 11.9. The highest BCUT2D eigenvalue weighted by molar-refractivity contribution is 5.93. The van der Waals surface area contributed by atoms with Crippen LogP contribution in [0.3, 0.4) is 0 Å². The fourth-order valence-electron chi connectivity index (χ4n) is 2.06. The summed E-state index contributed by atoms with van der Waals surface area (Å²) in [6.45, 7) is 6.91.